The van der Waals surface area contributed by atoms with E-state index in [4.69, 9.17) is 0 Å². The summed E-state index contributed by atoms with van der Waals surface area (Å²) in [5.74, 6) is -0.00192. The average molecular weight is 372 g/mol. The first-order chi connectivity index (χ1) is 12.6. The van der Waals surface area contributed by atoms with Crippen LogP contribution in [-0.2, 0) is 6.54 Å². The van der Waals surface area contributed by atoms with E-state index in [1.54, 1.807) is 11.3 Å². The summed E-state index contributed by atoms with van der Waals surface area (Å²) in [6.45, 7) is 3.98. The SMILES string of the molecule is CN(C)C(CNC(=O)c1ccc(CN2CCCCC2)cc1)c1cccs1. The van der Waals surface area contributed by atoms with Crippen molar-refractivity contribution in [3.63, 3.8) is 0 Å². The van der Waals surface area contributed by atoms with Crippen LogP contribution in [-0.4, -0.2) is 49.4 Å². The first-order valence-corrected chi connectivity index (χ1v) is 10.3. The smallest absolute Gasteiger partial charge is 0.251 e. The minimum Gasteiger partial charge on any atom is -0.350 e. The lowest BCUT2D eigenvalue weighted by molar-refractivity contribution is 0.0942. The van der Waals surface area contributed by atoms with Gasteiger partial charge < -0.3 is 10.2 Å². The Balaban J connectivity index is 1.54. The molecule has 1 unspecified atom stereocenters. The molecule has 1 saturated heterocycles. The molecular formula is C21H29N3OS. The van der Waals surface area contributed by atoms with Crippen molar-refractivity contribution < 1.29 is 4.79 Å². The molecule has 2 heterocycles. The van der Waals surface area contributed by atoms with Crippen LogP contribution in [0.5, 0.6) is 0 Å². The normalized spacial score (nSPS) is 16.6. The van der Waals surface area contributed by atoms with Crippen LogP contribution in [0.2, 0.25) is 0 Å². The van der Waals surface area contributed by atoms with E-state index in [2.05, 4.69) is 44.8 Å². The fraction of sp³-hybridized carbons (Fsp3) is 0.476. The van der Waals surface area contributed by atoms with Gasteiger partial charge in [-0.3, -0.25) is 9.69 Å². The number of hydrogen-bond acceptors (Lipinski definition) is 4. The number of likely N-dealkylation sites (tertiary alicyclic amines) is 1. The number of piperidine rings is 1. The van der Waals surface area contributed by atoms with E-state index >= 15 is 0 Å². The van der Waals surface area contributed by atoms with Gasteiger partial charge in [-0.1, -0.05) is 24.6 Å². The van der Waals surface area contributed by atoms with E-state index in [-0.39, 0.29) is 11.9 Å². The van der Waals surface area contributed by atoms with E-state index in [1.807, 2.05) is 26.2 Å². The Kier molecular flexibility index (Phi) is 6.83. The maximum atomic E-state index is 12.5. The standard InChI is InChI=1S/C21H29N3OS/c1-23(2)19(20-7-6-14-26-20)15-22-21(25)18-10-8-17(9-11-18)16-24-12-4-3-5-13-24/h6-11,14,19H,3-5,12-13,15-16H2,1-2H3,(H,22,25). The Hall–Kier alpha value is -1.69. The Labute approximate surface area is 160 Å². The molecule has 1 atom stereocenters. The van der Waals surface area contributed by atoms with Crippen LogP contribution in [0.3, 0.4) is 0 Å². The zero-order chi connectivity index (χ0) is 18.4. The van der Waals surface area contributed by atoms with Crippen LogP contribution in [0, 0.1) is 0 Å². The van der Waals surface area contributed by atoms with Crippen LogP contribution < -0.4 is 5.32 Å². The molecule has 4 nitrogen and oxygen atoms in total. The van der Waals surface area contributed by atoms with Gasteiger partial charge >= 0.3 is 0 Å². The lowest BCUT2D eigenvalue weighted by atomic mass is 10.1. The molecule has 1 aromatic heterocycles. The van der Waals surface area contributed by atoms with E-state index in [9.17, 15) is 4.79 Å². The Morgan fingerprint density at radius 1 is 1.15 bits per heavy atom. The predicted molar refractivity (Wildman–Crippen MR) is 109 cm³/mol. The third-order valence-corrected chi connectivity index (χ3v) is 6.00. The second-order valence-electron chi connectivity index (χ2n) is 7.24. The number of carbonyl (C=O) groups excluding carboxylic acids is 1. The highest BCUT2D eigenvalue weighted by Gasteiger charge is 2.17. The Morgan fingerprint density at radius 2 is 1.88 bits per heavy atom. The summed E-state index contributed by atoms with van der Waals surface area (Å²) in [7, 11) is 4.10. The summed E-state index contributed by atoms with van der Waals surface area (Å²) in [5.41, 5.74) is 2.02. The number of nitrogens with one attached hydrogen (secondary N) is 1. The molecule has 140 valence electrons. The second-order valence-corrected chi connectivity index (χ2v) is 8.22. The van der Waals surface area contributed by atoms with Gasteiger partial charge in [0.1, 0.15) is 0 Å². The maximum absolute atomic E-state index is 12.5. The number of thiophene rings is 1. The summed E-state index contributed by atoms with van der Waals surface area (Å²) < 4.78 is 0. The molecule has 26 heavy (non-hydrogen) atoms. The maximum Gasteiger partial charge on any atom is 0.251 e. The van der Waals surface area contributed by atoms with Gasteiger partial charge in [0.05, 0.1) is 6.04 Å². The van der Waals surface area contributed by atoms with Crippen LogP contribution in [0.1, 0.15) is 46.1 Å². The highest BCUT2D eigenvalue weighted by Crippen LogP contribution is 2.22. The molecule has 0 saturated carbocycles. The summed E-state index contributed by atoms with van der Waals surface area (Å²) in [4.78, 5) is 18.4. The van der Waals surface area contributed by atoms with Crippen molar-refractivity contribution in [2.24, 2.45) is 0 Å². The second kappa shape index (κ2) is 9.31. The Morgan fingerprint density at radius 3 is 2.50 bits per heavy atom. The van der Waals surface area contributed by atoms with Crippen LogP contribution in [0.15, 0.2) is 41.8 Å². The number of likely N-dealkylation sites (N-methyl/N-ethyl adjacent to an activating group) is 1. The number of rotatable bonds is 7. The van der Waals surface area contributed by atoms with Crippen molar-refractivity contribution in [3.05, 3.63) is 57.8 Å². The molecule has 5 heteroatoms. The van der Waals surface area contributed by atoms with Crippen molar-refractivity contribution in [2.45, 2.75) is 31.8 Å². The van der Waals surface area contributed by atoms with E-state index < -0.39 is 0 Å². The van der Waals surface area contributed by atoms with Gasteiger partial charge in [0.25, 0.3) is 5.91 Å². The molecule has 1 amide bonds. The van der Waals surface area contributed by atoms with Gasteiger partial charge in [0.15, 0.2) is 0 Å². The average Bonchev–Trinajstić information content (AvgIpc) is 3.17. The molecule has 0 spiro atoms. The van der Waals surface area contributed by atoms with E-state index in [0.29, 0.717) is 6.54 Å². The van der Waals surface area contributed by atoms with Crippen molar-refractivity contribution in [2.75, 3.05) is 33.7 Å². The zero-order valence-corrected chi connectivity index (χ0v) is 16.6. The van der Waals surface area contributed by atoms with Crippen LogP contribution in [0.25, 0.3) is 0 Å². The summed E-state index contributed by atoms with van der Waals surface area (Å²) in [5, 5.41) is 5.16. The quantitative estimate of drug-likeness (QED) is 0.805. The monoisotopic (exact) mass is 371 g/mol. The molecule has 1 aliphatic heterocycles. The molecule has 1 aromatic carbocycles. The minimum atomic E-state index is -0.00192. The largest absolute Gasteiger partial charge is 0.350 e. The van der Waals surface area contributed by atoms with Crippen molar-refractivity contribution in [1.82, 2.24) is 15.1 Å². The predicted octanol–water partition coefficient (Wildman–Crippen LogP) is 3.77. The van der Waals surface area contributed by atoms with Crippen LogP contribution >= 0.6 is 11.3 Å². The molecule has 3 rings (SSSR count). The number of benzene rings is 1. The lowest BCUT2D eigenvalue weighted by Gasteiger charge is -2.26. The minimum absolute atomic E-state index is 0.00192. The van der Waals surface area contributed by atoms with Crippen molar-refractivity contribution in [1.29, 1.82) is 0 Å². The fourth-order valence-electron chi connectivity index (χ4n) is 3.45. The lowest BCUT2D eigenvalue weighted by Crippen LogP contribution is -2.34. The third kappa shape index (κ3) is 5.16. The fourth-order valence-corrected chi connectivity index (χ4v) is 4.37. The third-order valence-electron chi connectivity index (χ3n) is 5.02. The zero-order valence-electron chi connectivity index (χ0n) is 15.8. The number of amides is 1. The summed E-state index contributed by atoms with van der Waals surface area (Å²) >= 11 is 1.73. The Bertz CT molecular complexity index is 676. The van der Waals surface area contributed by atoms with Gasteiger partial charge in [-0.05, 0) is 69.2 Å². The first-order valence-electron chi connectivity index (χ1n) is 9.43. The topological polar surface area (TPSA) is 35.6 Å². The molecule has 1 aliphatic rings. The number of carbonyl (C=O) groups is 1. The van der Waals surface area contributed by atoms with E-state index in [0.717, 1.165) is 12.1 Å². The molecule has 0 radical (unpaired) electrons. The van der Waals surface area contributed by atoms with Crippen molar-refractivity contribution >= 4 is 17.2 Å². The molecule has 1 N–H and O–H groups in total. The molecule has 0 aliphatic carbocycles. The first kappa shape index (κ1) is 19.1. The molecule has 1 fully saturated rings. The van der Waals surface area contributed by atoms with Gasteiger partial charge in [0.2, 0.25) is 0 Å². The molecule has 0 bridgehead atoms. The highest BCUT2D eigenvalue weighted by molar-refractivity contribution is 7.10. The van der Waals surface area contributed by atoms with Crippen molar-refractivity contribution in [3.8, 4) is 0 Å². The summed E-state index contributed by atoms with van der Waals surface area (Å²) in [6, 6.07) is 12.5. The van der Waals surface area contributed by atoms with Gasteiger partial charge in [-0.15, -0.1) is 11.3 Å². The van der Waals surface area contributed by atoms with Crippen LogP contribution in [0.4, 0.5) is 0 Å². The molecule has 2 aromatic rings. The van der Waals surface area contributed by atoms with Gasteiger partial charge in [0, 0.05) is 23.5 Å². The molecular weight excluding hydrogens is 342 g/mol. The number of nitrogens with zero attached hydrogens (tertiary/aromatic N) is 2. The number of hydrogen-bond donors (Lipinski definition) is 1. The highest BCUT2D eigenvalue weighted by atomic mass is 32.1. The van der Waals surface area contributed by atoms with Gasteiger partial charge in [-0.2, -0.15) is 0 Å². The summed E-state index contributed by atoms with van der Waals surface area (Å²) in [6.07, 6.45) is 3.96. The van der Waals surface area contributed by atoms with E-state index in [1.165, 1.54) is 42.8 Å². The van der Waals surface area contributed by atoms with Gasteiger partial charge in [-0.25, -0.2) is 0 Å².